The van der Waals surface area contributed by atoms with E-state index in [4.69, 9.17) is 5.11 Å². The van der Waals surface area contributed by atoms with Crippen LogP contribution in [0.25, 0.3) is 0 Å². The minimum Gasteiger partial charge on any atom is -0.481 e. The Kier molecular flexibility index (Phi) is 2.65. The largest absolute Gasteiger partial charge is 0.481 e. The number of rotatable bonds is 2. The second kappa shape index (κ2) is 3.37. The topological polar surface area (TPSA) is 37.3 Å². The molecule has 0 bridgehead atoms. The fourth-order valence-electron chi connectivity index (χ4n) is 1.71. The SMILES string of the molecule is O=C(O)C1(C(F)F)CCCCC1. The molecule has 1 saturated carbocycles. The number of halogens is 2. The third-order valence-corrected chi connectivity index (χ3v) is 2.59. The lowest BCUT2D eigenvalue weighted by molar-refractivity contribution is -0.163. The molecule has 1 fully saturated rings. The predicted octanol–water partition coefficient (Wildman–Crippen LogP) is 2.29. The van der Waals surface area contributed by atoms with Crippen LogP contribution in [0.4, 0.5) is 8.78 Å². The molecular weight excluding hydrogens is 166 g/mol. The first-order chi connectivity index (χ1) is 5.59. The van der Waals surface area contributed by atoms with Crippen molar-refractivity contribution in [1.82, 2.24) is 0 Å². The third-order valence-electron chi connectivity index (χ3n) is 2.59. The van der Waals surface area contributed by atoms with Crippen LogP contribution in [0.2, 0.25) is 0 Å². The zero-order valence-electron chi connectivity index (χ0n) is 6.72. The van der Waals surface area contributed by atoms with Crippen LogP contribution in [0, 0.1) is 5.41 Å². The van der Waals surface area contributed by atoms with Crippen LogP contribution >= 0.6 is 0 Å². The van der Waals surface area contributed by atoms with Crippen LogP contribution < -0.4 is 0 Å². The first kappa shape index (κ1) is 9.42. The van der Waals surface area contributed by atoms with Crippen LogP contribution in [-0.2, 0) is 4.79 Å². The van der Waals surface area contributed by atoms with E-state index in [0.717, 1.165) is 6.42 Å². The van der Waals surface area contributed by atoms with Crippen molar-refractivity contribution in [2.75, 3.05) is 0 Å². The van der Waals surface area contributed by atoms with Crippen molar-refractivity contribution in [3.05, 3.63) is 0 Å². The highest BCUT2D eigenvalue weighted by molar-refractivity contribution is 5.75. The van der Waals surface area contributed by atoms with Gasteiger partial charge < -0.3 is 5.11 Å². The summed E-state index contributed by atoms with van der Waals surface area (Å²) in [5, 5.41) is 8.68. The van der Waals surface area contributed by atoms with Gasteiger partial charge in [-0.25, -0.2) is 8.78 Å². The van der Waals surface area contributed by atoms with Crippen LogP contribution in [0.15, 0.2) is 0 Å². The summed E-state index contributed by atoms with van der Waals surface area (Å²) in [6.07, 6.45) is -0.384. The molecule has 0 unspecified atom stereocenters. The maximum atomic E-state index is 12.4. The quantitative estimate of drug-likeness (QED) is 0.704. The third kappa shape index (κ3) is 1.42. The summed E-state index contributed by atoms with van der Waals surface area (Å²) in [7, 11) is 0. The van der Waals surface area contributed by atoms with Gasteiger partial charge in [-0.15, -0.1) is 0 Å². The molecule has 0 heterocycles. The van der Waals surface area contributed by atoms with Gasteiger partial charge in [0.15, 0.2) is 0 Å². The van der Waals surface area contributed by atoms with E-state index in [1.807, 2.05) is 0 Å². The molecule has 0 spiro atoms. The van der Waals surface area contributed by atoms with Gasteiger partial charge in [0, 0.05) is 0 Å². The second-order valence-electron chi connectivity index (χ2n) is 3.32. The lowest BCUT2D eigenvalue weighted by Gasteiger charge is -2.31. The highest BCUT2D eigenvalue weighted by atomic mass is 19.3. The maximum absolute atomic E-state index is 12.4. The Bertz CT molecular complexity index is 174. The van der Waals surface area contributed by atoms with Gasteiger partial charge in [-0.1, -0.05) is 19.3 Å². The van der Waals surface area contributed by atoms with Crippen molar-refractivity contribution in [2.45, 2.75) is 38.5 Å². The maximum Gasteiger partial charge on any atom is 0.315 e. The molecule has 1 aliphatic rings. The Morgan fingerprint density at radius 1 is 1.25 bits per heavy atom. The van der Waals surface area contributed by atoms with Gasteiger partial charge in [0.05, 0.1) is 0 Å². The van der Waals surface area contributed by atoms with E-state index < -0.39 is 17.8 Å². The van der Waals surface area contributed by atoms with Gasteiger partial charge in [-0.05, 0) is 12.8 Å². The van der Waals surface area contributed by atoms with Gasteiger partial charge in [0.2, 0.25) is 0 Å². The summed E-state index contributed by atoms with van der Waals surface area (Å²) in [5.74, 6) is -1.34. The van der Waals surface area contributed by atoms with Gasteiger partial charge in [-0.2, -0.15) is 0 Å². The van der Waals surface area contributed by atoms with Crippen molar-refractivity contribution in [2.24, 2.45) is 5.41 Å². The molecule has 1 rings (SSSR count). The molecule has 1 aliphatic carbocycles. The predicted molar refractivity (Wildman–Crippen MR) is 39.2 cm³/mol. The lowest BCUT2D eigenvalue weighted by Crippen LogP contribution is -2.39. The van der Waals surface area contributed by atoms with E-state index in [9.17, 15) is 13.6 Å². The number of carbonyl (C=O) groups is 1. The van der Waals surface area contributed by atoms with E-state index in [0.29, 0.717) is 12.8 Å². The van der Waals surface area contributed by atoms with Crippen molar-refractivity contribution >= 4 is 5.97 Å². The minimum absolute atomic E-state index is 0.125. The molecule has 0 amide bonds. The molecule has 0 aromatic rings. The summed E-state index contributed by atoms with van der Waals surface area (Å²) < 4.78 is 24.9. The van der Waals surface area contributed by atoms with Gasteiger partial charge in [0.1, 0.15) is 5.41 Å². The Balaban J connectivity index is 2.77. The molecule has 0 aromatic carbocycles. The van der Waals surface area contributed by atoms with Crippen LogP contribution in [-0.4, -0.2) is 17.5 Å². The smallest absolute Gasteiger partial charge is 0.315 e. The molecule has 2 nitrogen and oxygen atoms in total. The summed E-state index contributed by atoms with van der Waals surface area (Å²) in [5.41, 5.74) is -1.74. The zero-order chi connectivity index (χ0) is 9.19. The average Bonchev–Trinajstić information content (AvgIpc) is 2.05. The molecule has 0 radical (unpaired) electrons. The molecular formula is C8H12F2O2. The number of alkyl halides is 2. The van der Waals surface area contributed by atoms with Crippen molar-refractivity contribution in [3.63, 3.8) is 0 Å². The van der Waals surface area contributed by atoms with Crippen LogP contribution in [0.1, 0.15) is 32.1 Å². The fourth-order valence-corrected chi connectivity index (χ4v) is 1.71. The van der Waals surface area contributed by atoms with Gasteiger partial charge >= 0.3 is 5.97 Å². The highest BCUT2D eigenvalue weighted by Gasteiger charge is 2.47. The lowest BCUT2D eigenvalue weighted by atomic mass is 9.74. The fraction of sp³-hybridized carbons (Fsp3) is 0.875. The first-order valence-corrected chi connectivity index (χ1v) is 4.11. The zero-order valence-corrected chi connectivity index (χ0v) is 6.72. The molecule has 1 N–H and O–H groups in total. The number of aliphatic carboxylic acids is 1. The Hall–Kier alpha value is -0.670. The summed E-state index contributed by atoms with van der Waals surface area (Å²) >= 11 is 0. The number of carboxylic acids is 1. The van der Waals surface area contributed by atoms with Gasteiger partial charge in [0.25, 0.3) is 6.43 Å². The number of hydrogen-bond acceptors (Lipinski definition) is 1. The molecule has 4 heteroatoms. The Labute approximate surface area is 69.6 Å². The second-order valence-corrected chi connectivity index (χ2v) is 3.32. The molecule has 0 aromatic heterocycles. The summed E-state index contributed by atoms with van der Waals surface area (Å²) in [6, 6.07) is 0. The first-order valence-electron chi connectivity index (χ1n) is 4.11. The molecule has 0 saturated heterocycles. The van der Waals surface area contributed by atoms with E-state index >= 15 is 0 Å². The standard InChI is InChI=1S/C8H12F2O2/c9-6(10)8(7(11)12)4-2-1-3-5-8/h6H,1-5H2,(H,11,12). The van der Waals surface area contributed by atoms with E-state index in [2.05, 4.69) is 0 Å². The average molecular weight is 178 g/mol. The van der Waals surface area contributed by atoms with Crippen LogP contribution in [0.5, 0.6) is 0 Å². The van der Waals surface area contributed by atoms with Crippen molar-refractivity contribution in [3.8, 4) is 0 Å². The Morgan fingerprint density at radius 3 is 2.00 bits per heavy atom. The van der Waals surface area contributed by atoms with Crippen LogP contribution in [0.3, 0.4) is 0 Å². The van der Waals surface area contributed by atoms with Gasteiger partial charge in [-0.3, -0.25) is 4.79 Å². The number of carboxylic acid groups (broad SMARTS) is 1. The molecule has 70 valence electrons. The van der Waals surface area contributed by atoms with E-state index in [-0.39, 0.29) is 12.8 Å². The van der Waals surface area contributed by atoms with E-state index in [1.165, 1.54) is 0 Å². The summed E-state index contributed by atoms with van der Waals surface area (Å²) in [6.45, 7) is 0. The summed E-state index contributed by atoms with van der Waals surface area (Å²) in [4.78, 5) is 10.6. The number of hydrogen-bond donors (Lipinski definition) is 1. The van der Waals surface area contributed by atoms with Crippen molar-refractivity contribution in [1.29, 1.82) is 0 Å². The van der Waals surface area contributed by atoms with E-state index in [1.54, 1.807) is 0 Å². The monoisotopic (exact) mass is 178 g/mol. The van der Waals surface area contributed by atoms with Crippen molar-refractivity contribution < 1.29 is 18.7 Å². The molecule has 0 aliphatic heterocycles. The normalized spacial score (nSPS) is 22.6. The molecule has 12 heavy (non-hydrogen) atoms. The highest BCUT2D eigenvalue weighted by Crippen LogP contribution is 2.41. The Morgan fingerprint density at radius 2 is 1.75 bits per heavy atom. The molecule has 0 atom stereocenters. The minimum atomic E-state index is -2.73.